The van der Waals surface area contributed by atoms with Gasteiger partial charge in [0.05, 0.1) is 0 Å². The Kier molecular flexibility index (Phi) is 3.35. The molecule has 1 heterocycles. The Morgan fingerprint density at radius 2 is 1.62 bits per heavy atom. The molecule has 0 spiro atoms. The van der Waals surface area contributed by atoms with E-state index in [2.05, 4.69) is 67.9 Å². The molecule has 0 fully saturated rings. The van der Waals surface area contributed by atoms with Crippen LogP contribution in [0.15, 0.2) is 49.0 Å². The van der Waals surface area contributed by atoms with Crippen molar-refractivity contribution in [3.05, 3.63) is 49.0 Å². The third-order valence-electron chi connectivity index (χ3n) is 2.98. The molecular formula is C15H19Bi. The van der Waals surface area contributed by atoms with Gasteiger partial charge in [-0.3, -0.25) is 0 Å². The quantitative estimate of drug-likeness (QED) is 0.625. The van der Waals surface area contributed by atoms with Crippen LogP contribution in [0.1, 0.15) is 27.7 Å². The van der Waals surface area contributed by atoms with E-state index in [0.29, 0.717) is 5.41 Å². The van der Waals surface area contributed by atoms with Crippen molar-refractivity contribution in [3.8, 4) is 0 Å². The Morgan fingerprint density at radius 3 is 2.12 bits per heavy atom. The topological polar surface area (TPSA) is 0 Å². The molecule has 0 unspecified atom stereocenters. The summed E-state index contributed by atoms with van der Waals surface area (Å²) < 4.78 is 5.83. The number of rotatable bonds is 1. The van der Waals surface area contributed by atoms with Gasteiger partial charge in [0.25, 0.3) is 0 Å². The molecule has 0 bridgehead atoms. The van der Waals surface area contributed by atoms with Crippen molar-refractivity contribution in [2.75, 3.05) is 0 Å². The zero-order chi connectivity index (χ0) is 11.8. The average Bonchev–Trinajstić information content (AvgIpc) is 2.61. The van der Waals surface area contributed by atoms with Crippen LogP contribution in [0.25, 0.3) is 0 Å². The van der Waals surface area contributed by atoms with Crippen molar-refractivity contribution < 1.29 is 0 Å². The van der Waals surface area contributed by atoms with Crippen LogP contribution in [-0.2, 0) is 0 Å². The first-order valence-corrected chi connectivity index (χ1v) is 11.2. The van der Waals surface area contributed by atoms with Gasteiger partial charge in [0.1, 0.15) is 0 Å². The molecule has 0 amide bonds. The van der Waals surface area contributed by atoms with E-state index in [1.165, 1.54) is 0 Å². The predicted octanol–water partition coefficient (Wildman–Crippen LogP) is 3.40. The second kappa shape index (κ2) is 4.45. The molecule has 0 atom stereocenters. The van der Waals surface area contributed by atoms with Crippen LogP contribution in [0.5, 0.6) is 0 Å². The van der Waals surface area contributed by atoms with E-state index in [1.54, 1.807) is 12.1 Å². The fourth-order valence-corrected chi connectivity index (χ4v) is 10.9. The minimum absolute atomic E-state index is 0.305. The Labute approximate surface area is 107 Å². The Balaban J connectivity index is 2.37. The van der Waals surface area contributed by atoms with Gasteiger partial charge in [-0.05, 0) is 0 Å². The SMILES string of the molecule is C[C]1=C(C(C)(C)C)C=[CH][Bi]1[c]1ccccc1. The molecule has 0 aromatic heterocycles. The van der Waals surface area contributed by atoms with E-state index >= 15 is 0 Å². The van der Waals surface area contributed by atoms with Gasteiger partial charge in [0, 0.05) is 0 Å². The zero-order valence-electron chi connectivity index (χ0n) is 10.5. The van der Waals surface area contributed by atoms with Gasteiger partial charge in [-0.25, -0.2) is 0 Å². The summed E-state index contributed by atoms with van der Waals surface area (Å²) in [6.45, 7) is 9.29. The summed E-state index contributed by atoms with van der Waals surface area (Å²) in [4.78, 5) is 0. The summed E-state index contributed by atoms with van der Waals surface area (Å²) in [5, 5.41) is 0. The van der Waals surface area contributed by atoms with Crippen molar-refractivity contribution in [2.45, 2.75) is 27.7 Å². The van der Waals surface area contributed by atoms with E-state index in [-0.39, 0.29) is 0 Å². The van der Waals surface area contributed by atoms with E-state index < -0.39 is 21.8 Å². The number of allylic oxidation sites excluding steroid dienone is 3. The molecule has 0 saturated heterocycles. The molecule has 1 aromatic carbocycles. The fourth-order valence-electron chi connectivity index (χ4n) is 2.17. The Hall–Kier alpha value is -0.417. The van der Waals surface area contributed by atoms with Gasteiger partial charge in [-0.15, -0.1) is 0 Å². The van der Waals surface area contributed by atoms with Gasteiger partial charge < -0.3 is 0 Å². The van der Waals surface area contributed by atoms with Crippen LogP contribution in [0, 0.1) is 5.41 Å². The van der Waals surface area contributed by atoms with Gasteiger partial charge in [0.15, 0.2) is 0 Å². The fraction of sp³-hybridized carbons (Fsp3) is 0.333. The zero-order valence-corrected chi connectivity index (χ0v) is 14.0. The monoisotopic (exact) mass is 408 g/mol. The minimum atomic E-state index is -1.68. The van der Waals surface area contributed by atoms with Crippen molar-refractivity contribution in [3.63, 3.8) is 0 Å². The first-order chi connectivity index (χ1) is 7.50. The number of benzene rings is 1. The van der Waals surface area contributed by atoms with Crippen LogP contribution in [0.4, 0.5) is 0 Å². The van der Waals surface area contributed by atoms with E-state index in [0.717, 1.165) is 0 Å². The molecule has 0 nitrogen and oxygen atoms in total. The maximum atomic E-state index is 2.53. The number of hydrogen-bond acceptors (Lipinski definition) is 0. The van der Waals surface area contributed by atoms with Gasteiger partial charge in [0.2, 0.25) is 0 Å². The standard InChI is InChI=1S/C9H14.C6H5.Bi/c1-6-8(7-2)9(3,4)5;1-2-4-6-5-3-1;/h1,6H,2-5H3;1-5H;. The van der Waals surface area contributed by atoms with Gasteiger partial charge in [-0.2, -0.15) is 0 Å². The summed E-state index contributed by atoms with van der Waals surface area (Å²) in [6, 6.07) is 11.0. The van der Waals surface area contributed by atoms with Crippen LogP contribution in [0.3, 0.4) is 0 Å². The second-order valence-corrected chi connectivity index (χ2v) is 13.9. The molecule has 0 saturated carbocycles. The molecule has 2 rings (SSSR count). The molecule has 0 radical (unpaired) electrons. The van der Waals surface area contributed by atoms with E-state index in [4.69, 9.17) is 0 Å². The number of hydrogen-bond donors (Lipinski definition) is 0. The summed E-state index contributed by atoms with van der Waals surface area (Å²) >= 11 is -1.68. The van der Waals surface area contributed by atoms with Crippen molar-refractivity contribution in [2.24, 2.45) is 5.41 Å². The van der Waals surface area contributed by atoms with Gasteiger partial charge >= 0.3 is 107 Å². The molecule has 1 heteroatoms. The maximum absolute atomic E-state index is 2.53. The first kappa shape index (κ1) is 12.1. The van der Waals surface area contributed by atoms with Crippen LogP contribution < -0.4 is 3.27 Å². The third-order valence-corrected chi connectivity index (χ3v) is 11.8. The van der Waals surface area contributed by atoms with E-state index in [9.17, 15) is 0 Å². The van der Waals surface area contributed by atoms with Crippen LogP contribution in [-0.4, -0.2) is 21.8 Å². The average molecular weight is 408 g/mol. The molecule has 0 N–H and O–H groups in total. The van der Waals surface area contributed by atoms with Crippen molar-refractivity contribution in [1.82, 2.24) is 0 Å². The molecular weight excluding hydrogens is 389 g/mol. The Morgan fingerprint density at radius 1 is 1.00 bits per heavy atom. The molecule has 1 aromatic rings. The first-order valence-electron chi connectivity index (χ1n) is 5.74. The normalized spacial score (nSPS) is 17.2. The summed E-state index contributed by atoms with van der Waals surface area (Å²) in [6.07, 6.45) is 2.39. The molecule has 84 valence electrons. The molecule has 1 aliphatic rings. The van der Waals surface area contributed by atoms with E-state index in [1.807, 2.05) is 0 Å². The summed E-state index contributed by atoms with van der Waals surface area (Å²) in [7, 11) is 0. The Bertz CT molecular complexity index is 432. The third kappa shape index (κ3) is 2.30. The predicted molar refractivity (Wildman–Crippen MR) is 73.1 cm³/mol. The van der Waals surface area contributed by atoms with Crippen molar-refractivity contribution >= 4 is 25.0 Å². The summed E-state index contributed by atoms with van der Waals surface area (Å²) in [5.41, 5.74) is 1.88. The molecule has 1 aliphatic heterocycles. The molecule has 0 aliphatic carbocycles. The van der Waals surface area contributed by atoms with Crippen LogP contribution >= 0.6 is 0 Å². The van der Waals surface area contributed by atoms with Crippen molar-refractivity contribution in [1.29, 1.82) is 0 Å². The summed E-state index contributed by atoms with van der Waals surface area (Å²) in [5.74, 6) is 0. The second-order valence-electron chi connectivity index (χ2n) is 5.27. The van der Waals surface area contributed by atoms with Crippen LogP contribution in [0.2, 0.25) is 0 Å². The van der Waals surface area contributed by atoms with Gasteiger partial charge in [-0.1, -0.05) is 0 Å². The molecule has 16 heavy (non-hydrogen) atoms.